The van der Waals surface area contributed by atoms with Crippen LogP contribution in [0.4, 0.5) is 0 Å². The van der Waals surface area contributed by atoms with Crippen LogP contribution in [-0.4, -0.2) is 26.1 Å². The summed E-state index contributed by atoms with van der Waals surface area (Å²) < 4.78 is 26.3. The lowest BCUT2D eigenvalue weighted by Gasteiger charge is -2.17. The van der Waals surface area contributed by atoms with Crippen molar-refractivity contribution in [3.8, 4) is 0 Å². The van der Waals surface area contributed by atoms with Crippen molar-refractivity contribution in [2.75, 3.05) is 11.6 Å². The average Bonchev–Trinajstić information content (AvgIpc) is 3.04. The van der Waals surface area contributed by atoms with Crippen LogP contribution in [-0.2, 0) is 10.0 Å². The predicted octanol–water partition coefficient (Wildman–Crippen LogP) is 1.72. The van der Waals surface area contributed by atoms with E-state index in [0.717, 1.165) is 0 Å². The van der Waals surface area contributed by atoms with Crippen molar-refractivity contribution < 1.29 is 8.42 Å². The van der Waals surface area contributed by atoms with Crippen molar-refractivity contribution in [2.45, 2.75) is 38.1 Å². The first-order valence-electron chi connectivity index (χ1n) is 5.68. The summed E-state index contributed by atoms with van der Waals surface area (Å²) in [4.78, 5) is 0. The maximum Gasteiger partial charge on any atom is 0.211 e. The molecule has 0 saturated heterocycles. The maximum absolute atomic E-state index is 11.7. The molecule has 0 aromatic carbocycles. The number of halogens is 1. The van der Waals surface area contributed by atoms with Gasteiger partial charge in [-0.05, 0) is 43.9 Å². The Morgan fingerprint density at radius 2 is 1.73 bits per heavy atom. The second-order valence-corrected chi connectivity index (χ2v) is 6.93. The third-order valence-corrected chi connectivity index (χ3v) is 4.85. The molecule has 0 radical (unpaired) electrons. The van der Waals surface area contributed by atoms with E-state index in [1.165, 1.54) is 25.7 Å². The highest BCUT2D eigenvalue weighted by molar-refractivity contribution is 7.89. The molecule has 2 fully saturated rings. The fourth-order valence-electron chi connectivity index (χ4n) is 2.00. The zero-order valence-corrected chi connectivity index (χ0v) is 10.4. The van der Waals surface area contributed by atoms with E-state index in [1.54, 1.807) is 0 Å². The molecule has 15 heavy (non-hydrogen) atoms. The molecule has 0 atom stereocenters. The summed E-state index contributed by atoms with van der Waals surface area (Å²) in [6, 6.07) is 0.227. The van der Waals surface area contributed by atoms with E-state index >= 15 is 0 Å². The number of rotatable bonds is 7. The van der Waals surface area contributed by atoms with Crippen LogP contribution in [0.2, 0.25) is 0 Å². The number of hydrogen-bond donors (Lipinski definition) is 1. The average molecular weight is 252 g/mol. The molecule has 0 bridgehead atoms. The summed E-state index contributed by atoms with van der Waals surface area (Å²) in [6.07, 6.45) is 5.32. The van der Waals surface area contributed by atoms with E-state index in [4.69, 9.17) is 11.6 Å². The summed E-state index contributed by atoms with van der Waals surface area (Å²) in [5.74, 6) is 1.82. The normalized spacial score (nSPS) is 22.3. The second-order valence-electron chi connectivity index (χ2n) is 4.68. The number of hydrogen-bond acceptors (Lipinski definition) is 2. The Morgan fingerprint density at radius 1 is 1.20 bits per heavy atom. The fourth-order valence-corrected chi connectivity index (χ4v) is 3.73. The van der Waals surface area contributed by atoms with Crippen molar-refractivity contribution in [1.29, 1.82) is 0 Å². The molecule has 5 heteroatoms. The zero-order chi connectivity index (χ0) is 10.9. The van der Waals surface area contributed by atoms with Gasteiger partial charge in [0.1, 0.15) is 0 Å². The van der Waals surface area contributed by atoms with Crippen molar-refractivity contribution in [1.82, 2.24) is 4.72 Å². The van der Waals surface area contributed by atoms with Gasteiger partial charge in [0.25, 0.3) is 0 Å². The Balaban J connectivity index is 1.87. The summed E-state index contributed by atoms with van der Waals surface area (Å²) >= 11 is 5.50. The molecule has 0 amide bonds. The minimum Gasteiger partial charge on any atom is -0.212 e. The van der Waals surface area contributed by atoms with Gasteiger partial charge in [0.2, 0.25) is 10.0 Å². The third kappa shape index (κ3) is 3.61. The van der Waals surface area contributed by atoms with Crippen molar-refractivity contribution in [3.05, 3.63) is 0 Å². The van der Waals surface area contributed by atoms with Crippen LogP contribution in [0, 0.1) is 11.8 Å². The van der Waals surface area contributed by atoms with Gasteiger partial charge in [-0.2, -0.15) is 0 Å². The quantitative estimate of drug-likeness (QED) is 0.701. The van der Waals surface area contributed by atoms with Gasteiger partial charge in [0.05, 0.1) is 5.75 Å². The van der Waals surface area contributed by atoms with Gasteiger partial charge in [0.15, 0.2) is 0 Å². The van der Waals surface area contributed by atoms with Crippen LogP contribution >= 0.6 is 11.6 Å². The van der Waals surface area contributed by atoms with Crippen LogP contribution in [0.5, 0.6) is 0 Å². The van der Waals surface area contributed by atoms with E-state index in [2.05, 4.69) is 4.72 Å². The van der Waals surface area contributed by atoms with Crippen molar-refractivity contribution in [3.63, 3.8) is 0 Å². The van der Waals surface area contributed by atoms with E-state index in [-0.39, 0.29) is 11.8 Å². The smallest absolute Gasteiger partial charge is 0.211 e. The molecule has 0 unspecified atom stereocenters. The molecule has 1 N–H and O–H groups in total. The van der Waals surface area contributed by atoms with E-state index in [1.807, 2.05) is 0 Å². The van der Waals surface area contributed by atoms with E-state index in [0.29, 0.717) is 24.1 Å². The first-order valence-corrected chi connectivity index (χ1v) is 7.87. The van der Waals surface area contributed by atoms with E-state index in [9.17, 15) is 8.42 Å². The molecular weight excluding hydrogens is 234 g/mol. The molecule has 2 saturated carbocycles. The van der Waals surface area contributed by atoms with Crippen molar-refractivity contribution in [2.24, 2.45) is 11.8 Å². The van der Waals surface area contributed by atoms with Crippen molar-refractivity contribution >= 4 is 21.6 Å². The van der Waals surface area contributed by atoms with Crippen LogP contribution < -0.4 is 4.72 Å². The number of nitrogens with one attached hydrogen (secondary N) is 1. The molecule has 0 spiro atoms. The SMILES string of the molecule is O=S(=O)(CCCCl)NC(C1CC1)C1CC1. The lowest BCUT2D eigenvalue weighted by Crippen LogP contribution is -2.39. The van der Waals surface area contributed by atoms with Gasteiger partial charge in [-0.1, -0.05) is 0 Å². The Labute approximate surface area is 96.6 Å². The Kier molecular flexibility index (Phi) is 3.58. The number of sulfonamides is 1. The summed E-state index contributed by atoms with van der Waals surface area (Å²) in [5.41, 5.74) is 0. The fraction of sp³-hybridized carbons (Fsp3) is 1.00. The summed E-state index contributed by atoms with van der Waals surface area (Å²) in [5, 5.41) is 0. The molecule has 88 valence electrons. The Morgan fingerprint density at radius 3 is 2.13 bits per heavy atom. The second kappa shape index (κ2) is 4.60. The van der Waals surface area contributed by atoms with Gasteiger partial charge in [-0.25, -0.2) is 13.1 Å². The van der Waals surface area contributed by atoms with Gasteiger partial charge in [0, 0.05) is 11.9 Å². The Hall–Kier alpha value is 0.200. The largest absolute Gasteiger partial charge is 0.212 e. The van der Waals surface area contributed by atoms with Crippen LogP contribution in [0.25, 0.3) is 0 Å². The first-order chi connectivity index (χ1) is 7.12. The number of alkyl halides is 1. The minimum atomic E-state index is -3.09. The maximum atomic E-state index is 11.7. The highest BCUT2D eigenvalue weighted by Crippen LogP contribution is 2.44. The summed E-state index contributed by atoms with van der Waals surface area (Å²) in [7, 11) is -3.09. The van der Waals surface area contributed by atoms with E-state index < -0.39 is 10.0 Å². The van der Waals surface area contributed by atoms with Gasteiger partial charge in [-0.3, -0.25) is 0 Å². The predicted molar refractivity (Wildman–Crippen MR) is 61.5 cm³/mol. The molecule has 0 aliphatic heterocycles. The first kappa shape index (κ1) is 11.7. The highest BCUT2D eigenvalue weighted by atomic mass is 35.5. The third-order valence-electron chi connectivity index (χ3n) is 3.12. The standard InChI is InChI=1S/C10H18ClNO2S/c11-6-1-7-15(13,14)12-10(8-2-3-8)9-4-5-9/h8-10,12H,1-7H2. The lowest BCUT2D eigenvalue weighted by atomic mass is 10.1. The molecule has 0 aromatic heterocycles. The minimum absolute atomic E-state index is 0.173. The van der Waals surface area contributed by atoms with Gasteiger partial charge in [-0.15, -0.1) is 11.6 Å². The molecule has 0 aromatic rings. The Bertz CT molecular complexity index is 297. The lowest BCUT2D eigenvalue weighted by molar-refractivity contribution is 0.471. The van der Waals surface area contributed by atoms with Crippen LogP contribution in [0.3, 0.4) is 0 Å². The molecular formula is C10H18ClNO2S. The zero-order valence-electron chi connectivity index (χ0n) is 8.78. The topological polar surface area (TPSA) is 46.2 Å². The monoisotopic (exact) mass is 251 g/mol. The highest BCUT2D eigenvalue weighted by Gasteiger charge is 2.43. The molecule has 2 aliphatic rings. The van der Waals surface area contributed by atoms with Crippen LogP contribution in [0.1, 0.15) is 32.1 Å². The van der Waals surface area contributed by atoms with Gasteiger partial charge >= 0.3 is 0 Å². The summed E-state index contributed by atoms with van der Waals surface area (Å²) in [6.45, 7) is 0. The molecule has 3 nitrogen and oxygen atoms in total. The van der Waals surface area contributed by atoms with Gasteiger partial charge < -0.3 is 0 Å². The molecule has 2 aliphatic carbocycles. The van der Waals surface area contributed by atoms with Crippen LogP contribution in [0.15, 0.2) is 0 Å². The molecule has 0 heterocycles. The molecule has 2 rings (SSSR count).